The highest BCUT2D eigenvalue weighted by molar-refractivity contribution is 6.44. The van der Waals surface area contributed by atoms with Crippen LogP contribution in [0.2, 0.25) is 0 Å². The van der Waals surface area contributed by atoms with E-state index in [0.29, 0.717) is 0 Å². The van der Waals surface area contributed by atoms with E-state index in [-0.39, 0.29) is 12.2 Å². The molecule has 0 aliphatic heterocycles. The van der Waals surface area contributed by atoms with E-state index in [4.69, 9.17) is 39.5 Å². The highest BCUT2D eigenvalue weighted by atomic mass is 35.5. The molecule has 0 spiro atoms. The molecule has 0 saturated carbocycles. The average molecular weight is 177 g/mol. The molecule has 0 rings (SSSR count). The Labute approximate surface area is 63.9 Å². The summed E-state index contributed by atoms with van der Waals surface area (Å²) in [7, 11) is 0. The summed E-state index contributed by atoms with van der Waals surface area (Å²) in [6, 6.07) is 0. The molecule has 8 heavy (non-hydrogen) atoms. The lowest BCUT2D eigenvalue weighted by molar-refractivity contribution is 0.129. The highest BCUT2D eigenvalue weighted by Gasteiger charge is 2.00. The smallest absolute Gasteiger partial charge is 0.131 e. The lowest BCUT2D eigenvalue weighted by atomic mass is 10.8. The number of hydrogen-bond acceptors (Lipinski definition) is 1. The number of halogens is 3. The van der Waals surface area contributed by atoms with Crippen LogP contribution in [0.4, 0.5) is 0 Å². The van der Waals surface area contributed by atoms with Crippen molar-refractivity contribution >= 4 is 34.8 Å². The largest absolute Gasteiger partial charge is 0.360 e. The molecule has 0 aliphatic rings. The molecular weight excluding hydrogens is 170 g/mol. The van der Waals surface area contributed by atoms with Gasteiger partial charge in [-0.1, -0.05) is 11.6 Å². The summed E-state index contributed by atoms with van der Waals surface area (Å²) in [5.74, 6) is 0. The number of alkyl halides is 3. The van der Waals surface area contributed by atoms with E-state index < -0.39 is 4.84 Å². The Morgan fingerprint density at radius 2 is 1.88 bits per heavy atom. The van der Waals surface area contributed by atoms with Gasteiger partial charge >= 0.3 is 0 Å². The Balaban J connectivity index is 2.93. The van der Waals surface area contributed by atoms with Gasteiger partial charge in [0.2, 0.25) is 0 Å². The van der Waals surface area contributed by atoms with Crippen molar-refractivity contribution in [1.29, 1.82) is 0 Å². The average Bonchev–Trinajstić information content (AvgIpc) is 1.61. The Bertz CT molecular complexity index is 47.2. The van der Waals surface area contributed by atoms with Gasteiger partial charge < -0.3 is 4.74 Å². The molecule has 0 heterocycles. The lowest BCUT2D eigenvalue weighted by Crippen LogP contribution is -2.06. The molecule has 0 amide bonds. The van der Waals surface area contributed by atoms with Gasteiger partial charge in [0.25, 0.3) is 0 Å². The molecule has 0 saturated heterocycles. The molecule has 0 fully saturated rings. The summed E-state index contributed by atoms with van der Waals surface area (Å²) in [5, 5.41) is 0. The minimum absolute atomic E-state index is 0.285. The highest BCUT2D eigenvalue weighted by Crippen LogP contribution is 2.04. The molecule has 0 aliphatic carbocycles. The van der Waals surface area contributed by atoms with Gasteiger partial charge in [-0.25, -0.2) is 0 Å². The molecule has 1 nitrogen and oxygen atoms in total. The van der Waals surface area contributed by atoms with Crippen molar-refractivity contribution < 1.29 is 4.74 Å². The molecule has 1 atom stereocenters. The first-order valence-corrected chi connectivity index (χ1v) is 3.47. The summed E-state index contributed by atoms with van der Waals surface area (Å²) >= 11 is 16.0. The quantitative estimate of drug-likeness (QED) is 0.602. The molecule has 4 heteroatoms. The van der Waals surface area contributed by atoms with Crippen molar-refractivity contribution in [3.63, 3.8) is 0 Å². The summed E-state index contributed by atoms with van der Waals surface area (Å²) in [6.45, 7) is 1.99. The van der Waals surface area contributed by atoms with Crippen LogP contribution in [-0.4, -0.2) is 17.0 Å². The van der Waals surface area contributed by atoms with Crippen LogP contribution in [-0.2, 0) is 4.74 Å². The van der Waals surface area contributed by atoms with Crippen LogP contribution in [0.15, 0.2) is 0 Å². The van der Waals surface area contributed by atoms with Crippen molar-refractivity contribution in [1.82, 2.24) is 0 Å². The van der Waals surface area contributed by atoms with E-state index in [1.54, 1.807) is 6.92 Å². The third-order valence-corrected chi connectivity index (χ3v) is 0.830. The molecule has 0 bridgehead atoms. The van der Waals surface area contributed by atoms with Crippen molar-refractivity contribution in [3.8, 4) is 0 Å². The van der Waals surface area contributed by atoms with Crippen LogP contribution in [0.5, 0.6) is 0 Å². The summed E-state index contributed by atoms with van der Waals surface area (Å²) in [4.78, 5) is -0.476. The van der Waals surface area contributed by atoms with E-state index in [1.165, 1.54) is 0 Å². The lowest BCUT2D eigenvalue weighted by Gasteiger charge is -2.04. The van der Waals surface area contributed by atoms with Crippen molar-refractivity contribution in [2.24, 2.45) is 0 Å². The minimum Gasteiger partial charge on any atom is -0.360 e. The molecule has 1 unspecified atom stereocenters. The fourth-order valence-corrected chi connectivity index (χ4v) is 0.424. The molecule has 0 aromatic heterocycles. The van der Waals surface area contributed by atoms with Gasteiger partial charge in [0, 0.05) is 0 Å². The summed E-state index contributed by atoms with van der Waals surface area (Å²) < 4.78 is 4.80. The minimum atomic E-state index is -0.476. The number of ether oxygens (including phenoxy) is 1. The van der Waals surface area contributed by atoms with Gasteiger partial charge in [-0.05, 0) is 6.92 Å². The van der Waals surface area contributed by atoms with Gasteiger partial charge in [0.15, 0.2) is 0 Å². The predicted molar refractivity (Wildman–Crippen MR) is 36.8 cm³/mol. The monoisotopic (exact) mass is 176 g/mol. The van der Waals surface area contributed by atoms with E-state index >= 15 is 0 Å². The fourth-order valence-electron chi connectivity index (χ4n) is 0.205. The second-order valence-electron chi connectivity index (χ2n) is 1.27. The van der Waals surface area contributed by atoms with Crippen molar-refractivity contribution in [3.05, 3.63) is 0 Å². The first kappa shape index (κ1) is 8.83. The number of hydrogen-bond donors (Lipinski definition) is 0. The van der Waals surface area contributed by atoms with E-state index in [0.717, 1.165) is 0 Å². The van der Waals surface area contributed by atoms with Crippen LogP contribution >= 0.6 is 34.8 Å². The SMILES string of the molecule is CC(Cl)OCC(Cl)Cl. The third kappa shape index (κ3) is 6.83. The van der Waals surface area contributed by atoms with E-state index in [9.17, 15) is 0 Å². The van der Waals surface area contributed by atoms with Crippen molar-refractivity contribution in [2.75, 3.05) is 6.61 Å². The van der Waals surface area contributed by atoms with Crippen LogP contribution in [0.1, 0.15) is 6.92 Å². The zero-order valence-corrected chi connectivity index (χ0v) is 6.67. The second-order valence-corrected chi connectivity index (χ2v) is 3.16. The number of rotatable bonds is 3. The summed E-state index contributed by atoms with van der Waals surface area (Å²) in [5.41, 5.74) is -0.310. The zero-order chi connectivity index (χ0) is 6.57. The van der Waals surface area contributed by atoms with Crippen LogP contribution in [0, 0.1) is 0 Å². The van der Waals surface area contributed by atoms with Gasteiger partial charge in [0.05, 0.1) is 6.61 Å². The normalized spacial score (nSPS) is 14.6. The summed E-state index contributed by atoms with van der Waals surface area (Å²) in [6.07, 6.45) is 0. The fraction of sp³-hybridized carbons (Fsp3) is 1.00. The maximum Gasteiger partial charge on any atom is 0.131 e. The Kier molecular flexibility index (Phi) is 5.17. The Morgan fingerprint density at radius 1 is 1.38 bits per heavy atom. The molecule has 0 aromatic carbocycles. The van der Waals surface area contributed by atoms with Crippen LogP contribution in [0.25, 0.3) is 0 Å². The third-order valence-electron chi connectivity index (χ3n) is 0.452. The first-order chi connectivity index (χ1) is 3.63. The van der Waals surface area contributed by atoms with Gasteiger partial charge in [0.1, 0.15) is 10.4 Å². The van der Waals surface area contributed by atoms with E-state index in [1.807, 2.05) is 0 Å². The molecule has 0 N–H and O–H groups in total. The van der Waals surface area contributed by atoms with Gasteiger partial charge in [-0.2, -0.15) is 0 Å². The Morgan fingerprint density at radius 3 is 2.00 bits per heavy atom. The predicted octanol–water partition coefficient (Wildman–Crippen LogP) is 2.39. The van der Waals surface area contributed by atoms with Crippen molar-refractivity contribution in [2.45, 2.75) is 17.3 Å². The van der Waals surface area contributed by atoms with Gasteiger partial charge in [-0.15, -0.1) is 23.2 Å². The Hall–Kier alpha value is 0.830. The molecule has 0 aromatic rings. The molecular formula is C4H7Cl3O. The van der Waals surface area contributed by atoms with E-state index in [2.05, 4.69) is 0 Å². The molecule has 50 valence electrons. The van der Waals surface area contributed by atoms with Crippen LogP contribution in [0.3, 0.4) is 0 Å². The topological polar surface area (TPSA) is 9.23 Å². The first-order valence-electron chi connectivity index (χ1n) is 2.16. The van der Waals surface area contributed by atoms with Gasteiger partial charge in [-0.3, -0.25) is 0 Å². The molecule has 0 radical (unpaired) electrons. The maximum atomic E-state index is 5.38. The maximum absolute atomic E-state index is 5.38. The van der Waals surface area contributed by atoms with Crippen LogP contribution < -0.4 is 0 Å². The zero-order valence-electron chi connectivity index (χ0n) is 4.40. The second kappa shape index (κ2) is 4.68. The standard InChI is InChI=1S/C4H7Cl3O/c1-3(5)8-2-4(6)7/h3-4H,2H2,1H3.